The summed E-state index contributed by atoms with van der Waals surface area (Å²) in [4.78, 5) is 14.9. The van der Waals surface area contributed by atoms with Crippen molar-refractivity contribution in [2.75, 3.05) is 18.5 Å². The fraction of sp³-hybridized carbons (Fsp3) is 0.625. The van der Waals surface area contributed by atoms with Gasteiger partial charge in [0.2, 0.25) is 5.13 Å². The van der Waals surface area contributed by atoms with Crippen LogP contribution in [0, 0.1) is 0 Å². The first-order valence-corrected chi connectivity index (χ1v) is 5.26. The van der Waals surface area contributed by atoms with Gasteiger partial charge in [0.1, 0.15) is 6.33 Å². The SMILES string of the molecule is CCOC(=O)CCCNc1ncns1. The van der Waals surface area contributed by atoms with Gasteiger partial charge in [-0.25, -0.2) is 4.98 Å². The largest absolute Gasteiger partial charge is 0.466 e. The van der Waals surface area contributed by atoms with Crippen LogP contribution < -0.4 is 5.32 Å². The Kier molecular flexibility index (Phi) is 4.92. The maximum Gasteiger partial charge on any atom is 0.305 e. The van der Waals surface area contributed by atoms with Crippen molar-refractivity contribution < 1.29 is 9.53 Å². The van der Waals surface area contributed by atoms with Crippen LogP contribution in [0.25, 0.3) is 0 Å². The molecule has 14 heavy (non-hydrogen) atoms. The van der Waals surface area contributed by atoms with Gasteiger partial charge in [-0.1, -0.05) is 0 Å². The molecular weight excluding hydrogens is 202 g/mol. The Morgan fingerprint density at radius 2 is 2.57 bits per heavy atom. The van der Waals surface area contributed by atoms with Crippen molar-refractivity contribution >= 4 is 22.6 Å². The molecule has 0 aliphatic rings. The summed E-state index contributed by atoms with van der Waals surface area (Å²) in [5.41, 5.74) is 0. The lowest BCUT2D eigenvalue weighted by molar-refractivity contribution is -0.143. The molecule has 0 saturated heterocycles. The van der Waals surface area contributed by atoms with E-state index in [0.717, 1.165) is 11.6 Å². The van der Waals surface area contributed by atoms with Crippen LogP contribution in [0.4, 0.5) is 5.13 Å². The predicted molar refractivity (Wildman–Crippen MR) is 54.3 cm³/mol. The Hall–Kier alpha value is -1.17. The van der Waals surface area contributed by atoms with Crippen LogP contribution in [0.2, 0.25) is 0 Å². The van der Waals surface area contributed by atoms with Crippen molar-refractivity contribution in [1.29, 1.82) is 0 Å². The van der Waals surface area contributed by atoms with Crippen molar-refractivity contribution in [2.45, 2.75) is 19.8 Å². The molecule has 1 rings (SSSR count). The van der Waals surface area contributed by atoms with Gasteiger partial charge in [-0.05, 0) is 13.3 Å². The van der Waals surface area contributed by atoms with Gasteiger partial charge < -0.3 is 10.1 Å². The van der Waals surface area contributed by atoms with Crippen LogP contribution in [-0.2, 0) is 9.53 Å². The highest BCUT2D eigenvalue weighted by Crippen LogP contribution is 2.06. The van der Waals surface area contributed by atoms with Crippen molar-refractivity contribution in [3.8, 4) is 0 Å². The number of hydrogen-bond donors (Lipinski definition) is 1. The normalized spacial score (nSPS) is 9.79. The predicted octanol–water partition coefficient (Wildman–Crippen LogP) is 1.29. The molecule has 1 aromatic heterocycles. The Morgan fingerprint density at radius 3 is 3.21 bits per heavy atom. The van der Waals surface area contributed by atoms with E-state index in [0.29, 0.717) is 19.6 Å². The summed E-state index contributed by atoms with van der Waals surface area (Å²) in [6.07, 6.45) is 2.69. The van der Waals surface area contributed by atoms with Crippen LogP contribution in [0.5, 0.6) is 0 Å². The number of ether oxygens (including phenoxy) is 1. The fourth-order valence-electron chi connectivity index (χ4n) is 0.912. The number of hydrogen-bond acceptors (Lipinski definition) is 6. The Bertz CT molecular complexity index is 264. The summed E-state index contributed by atoms with van der Waals surface area (Å²) in [7, 11) is 0. The molecular formula is C8H13N3O2S. The number of nitrogens with zero attached hydrogens (tertiary/aromatic N) is 2. The number of anilines is 1. The summed E-state index contributed by atoms with van der Waals surface area (Å²) in [5.74, 6) is -0.147. The van der Waals surface area contributed by atoms with E-state index in [4.69, 9.17) is 4.74 Å². The van der Waals surface area contributed by atoms with Gasteiger partial charge in [0.05, 0.1) is 6.61 Å². The maximum atomic E-state index is 10.9. The standard InChI is InChI=1S/C8H13N3O2S/c1-2-13-7(12)4-3-5-9-8-10-6-11-14-8/h6H,2-5H2,1H3,(H,9,10,11). The third-order valence-electron chi connectivity index (χ3n) is 1.50. The van der Waals surface area contributed by atoms with E-state index in [-0.39, 0.29) is 5.97 Å². The van der Waals surface area contributed by atoms with E-state index in [1.807, 2.05) is 0 Å². The third kappa shape index (κ3) is 4.18. The monoisotopic (exact) mass is 215 g/mol. The number of rotatable bonds is 6. The molecule has 0 saturated carbocycles. The van der Waals surface area contributed by atoms with Gasteiger partial charge in [0, 0.05) is 24.5 Å². The molecule has 1 aromatic rings. The quantitative estimate of drug-likeness (QED) is 0.572. The fourth-order valence-corrected chi connectivity index (χ4v) is 1.37. The van der Waals surface area contributed by atoms with Gasteiger partial charge >= 0.3 is 5.97 Å². The molecule has 1 N–H and O–H groups in total. The van der Waals surface area contributed by atoms with E-state index in [9.17, 15) is 4.79 Å². The van der Waals surface area contributed by atoms with Gasteiger partial charge in [-0.15, -0.1) is 0 Å². The molecule has 0 amide bonds. The zero-order chi connectivity index (χ0) is 10.2. The second-order valence-corrected chi connectivity index (χ2v) is 3.36. The lowest BCUT2D eigenvalue weighted by Gasteiger charge is -2.02. The number of carbonyl (C=O) groups is 1. The Balaban J connectivity index is 2.02. The molecule has 0 spiro atoms. The molecule has 0 aromatic carbocycles. The highest BCUT2D eigenvalue weighted by Gasteiger charge is 2.01. The van der Waals surface area contributed by atoms with Crippen LogP contribution >= 0.6 is 11.5 Å². The second-order valence-electron chi connectivity index (χ2n) is 2.58. The average molecular weight is 215 g/mol. The molecule has 0 aliphatic carbocycles. The van der Waals surface area contributed by atoms with Crippen molar-refractivity contribution in [2.24, 2.45) is 0 Å². The van der Waals surface area contributed by atoms with Crippen molar-refractivity contribution in [3.05, 3.63) is 6.33 Å². The average Bonchev–Trinajstić information content (AvgIpc) is 2.65. The minimum atomic E-state index is -0.147. The van der Waals surface area contributed by atoms with Gasteiger partial charge in [0.25, 0.3) is 0 Å². The third-order valence-corrected chi connectivity index (χ3v) is 2.12. The molecule has 5 nitrogen and oxygen atoms in total. The van der Waals surface area contributed by atoms with Gasteiger partial charge in [0.15, 0.2) is 0 Å². The van der Waals surface area contributed by atoms with Crippen LogP contribution in [-0.4, -0.2) is 28.5 Å². The van der Waals surface area contributed by atoms with E-state index in [1.165, 1.54) is 17.9 Å². The van der Waals surface area contributed by atoms with E-state index in [2.05, 4.69) is 14.7 Å². The number of aromatic nitrogens is 2. The molecule has 0 bridgehead atoms. The summed E-state index contributed by atoms with van der Waals surface area (Å²) in [6.45, 7) is 2.97. The van der Waals surface area contributed by atoms with Crippen molar-refractivity contribution in [1.82, 2.24) is 9.36 Å². The maximum absolute atomic E-state index is 10.9. The lowest BCUT2D eigenvalue weighted by Crippen LogP contribution is -2.07. The molecule has 78 valence electrons. The molecule has 0 radical (unpaired) electrons. The summed E-state index contributed by atoms with van der Waals surface area (Å²) >= 11 is 1.30. The van der Waals surface area contributed by atoms with E-state index in [1.54, 1.807) is 6.92 Å². The minimum Gasteiger partial charge on any atom is -0.466 e. The molecule has 0 fully saturated rings. The van der Waals surface area contributed by atoms with Crippen LogP contribution in [0.15, 0.2) is 6.33 Å². The zero-order valence-electron chi connectivity index (χ0n) is 8.02. The molecule has 0 unspecified atom stereocenters. The molecule has 6 heteroatoms. The van der Waals surface area contributed by atoms with E-state index >= 15 is 0 Å². The second kappa shape index (κ2) is 6.31. The first-order chi connectivity index (χ1) is 6.83. The molecule has 0 aliphatic heterocycles. The minimum absolute atomic E-state index is 0.147. The number of esters is 1. The first kappa shape index (κ1) is 10.9. The topological polar surface area (TPSA) is 64.1 Å². The van der Waals surface area contributed by atoms with Crippen molar-refractivity contribution in [3.63, 3.8) is 0 Å². The first-order valence-electron chi connectivity index (χ1n) is 4.49. The summed E-state index contributed by atoms with van der Waals surface area (Å²) in [6, 6.07) is 0. The summed E-state index contributed by atoms with van der Waals surface area (Å²) < 4.78 is 8.63. The molecule has 1 heterocycles. The van der Waals surface area contributed by atoms with Gasteiger partial charge in [-0.2, -0.15) is 4.37 Å². The Labute approximate surface area is 86.7 Å². The van der Waals surface area contributed by atoms with Gasteiger partial charge in [-0.3, -0.25) is 4.79 Å². The smallest absolute Gasteiger partial charge is 0.305 e. The van der Waals surface area contributed by atoms with E-state index < -0.39 is 0 Å². The number of carbonyl (C=O) groups excluding carboxylic acids is 1. The zero-order valence-corrected chi connectivity index (χ0v) is 8.84. The summed E-state index contributed by atoms with van der Waals surface area (Å²) in [5, 5.41) is 3.85. The Morgan fingerprint density at radius 1 is 1.71 bits per heavy atom. The van der Waals surface area contributed by atoms with Crippen LogP contribution in [0.3, 0.4) is 0 Å². The highest BCUT2D eigenvalue weighted by molar-refractivity contribution is 7.09. The lowest BCUT2D eigenvalue weighted by atomic mass is 10.3. The number of nitrogens with one attached hydrogen (secondary N) is 1. The van der Waals surface area contributed by atoms with Crippen LogP contribution in [0.1, 0.15) is 19.8 Å². The molecule has 0 atom stereocenters. The highest BCUT2D eigenvalue weighted by atomic mass is 32.1.